The monoisotopic (exact) mass is 443 g/mol. The van der Waals surface area contributed by atoms with E-state index in [1.165, 1.54) is 23.5 Å². The van der Waals surface area contributed by atoms with E-state index in [0.717, 1.165) is 22.3 Å². The van der Waals surface area contributed by atoms with Crippen LogP contribution in [0.15, 0.2) is 84.4 Å². The molecule has 0 spiro atoms. The van der Waals surface area contributed by atoms with Crippen molar-refractivity contribution in [2.45, 2.75) is 12.6 Å². The Morgan fingerprint density at radius 1 is 1.03 bits per heavy atom. The molecule has 0 fully saturated rings. The molecule has 1 atom stereocenters. The SMILES string of the molecule is O=C(Nc1nccs1)C(c1ccccc1)N1Cc2ccc(-c3ccc(F)cc3)cc2C1=O. The van der Waals surface area contributed by atoms with E-state index in [-0.39, 0.29) is 17.6 Å². The van der Waals surface area contributed by atoms with Gasteiger partial charge in [-0.25, -0.2) is 9.37 Å². The van der Waals surface area contributed by atoms with Crippen LogP contribution in [0.1, 0.15) is 27.5 Å². The molecule has 2 heterocycles. The Morgan fingerprint density at radius 3 is 2.50 bits per heavy atom. The average Bonchev–Trinajstić information content (AvgIpc) is 3.43. The zero-order valence-electron chi connectivity index (χ0n) is 16.9. The van der Waals surface area contributed by atoms with E-state index in [4.69, 9.17) is 0 Å². The highest BCUT2D eigenvalue weighted by atomic mass is 32.1. The average molecular weight is 444 g/mol. The minimum absolute atomic E-state index is 0.216. The highest BCUT2D eigenvalue weighted by Crippen LogP contribution is 2.34. The number of thiazole rings is 1. The molecule has 1 aliphatic rings. The van der Waals surface area contributed by atoms with E-state index in [0.29, 0.717) is 17.2 Å². The van der Waals surface area contributed by atoms with Crippen molar-refractivity contribution in [3.8, 4) is 11.1 Å². The number of nitrogens with one attached hydrogen (secondary N) is 1. The predicted octanol–water partition coefficient (Wildman–Crippen LogP) is 5.29. The molecule has 5 nitrogen and oxygen atoms in total. The van der Waals surface area contributed by atoms with Gasteiger partial charge in [-0.2, -0.15) is 0 Å². The van der Waals surface area contributed by atoms with Crippen molar-refractivity contribution in [2.24, 2.45) is 0 Å². The Morgan fingerprint density at radius 2 is 1.78 bits per heavy atom. The summed E-state index contributed by atoms with van der Waals surface area (Å²) in [7, 11) is 0. The number of rotatable bonds is 5. The number of hydrogen-bond donors (Lipinski definition) is 1. The number of fused-ring (bicyclic) bond motifs is 1. The van der Waals surface area contributed by atoms with Gasteiger partial charge in [-0.05, 0) is 40.5 Å². The fourth-order valence-corrected chi connectivity index (χ4v) is 4.45. The number of hydrogen-bond acceptors (Lipinski definition) is 4. The van der Waals surface area contributed by atoms with E-state index in [9.17, 15) is 14.0 Å². The Labute approximate surface area is 188 Å². The largest absolute Gasteiger partial charge is 0.318 e. The zero-order valence-corrected chi connectivity index (χ0v) is 17.7. The first-order chi connectivity index (χ1) is 15.6. The number of halogens is 1. The smallest absolute Gasteiger partial charge is 0.255 e. The number of benzene rings is 3. The van der Waals surface area contributed by atoms with Crippen LogP contribution in [0, 0.1) is 5.82 Å². The number of nitrogens with zero attached hydrogens (tertiary/aromatic N) is 2. The topological polar surface area (TPSA) is 62.3 Å². The third kappa shape index (κ3) is 3.78. The second-order valence-electron chi connectivity index (χ2n) is 7.45. The highest BCUT2D eigenvalue weighted by molar-refractivity contribution is 7.13. The molecule has 32 heavy (non-hydrogen) atoms. The molecule has 1 aliphatic heterocycles. The van der Waals surface area contributed by atoms with Gasteiger partial charge in [0.15, 0.2) is 5.13 Å². The number of carbonyl (C=O) groups is 2. The molecule has 0 aliphatic carbocycles. The third-order valence-electron chi connectivity index (χ3n) is 5.46. The summed E-state index contributed by atoms with van der Waals surface area (Å²) >= 11 is 1.32. The van der Waals surface area contributed by atoms with Gasteiger partial charge in [0.2, 0.25) is 0 Å². The Bertz CT molecular complexity index is 1270. The maximum absolute atomic E-state index is 13.4. The minimum Gasteiger partial charge on any atom is -0.318 e. The first kappa shape index (κ1) is 20.1. The molecular weight excluding hydrogens is 425 g/mol. The van der Waals surface area contributed by atoms with Crippen LogP contribution in [0.2, 0.25) is 0 Å². The summed E-state index contributed by atoms with van der Waals surface area (Å²) in [6.07, 6.45) is 1.62. The van der Waals surface area contributed by atoms with Crippen LogP contribution in [0.25, 0.3) is 11.1 Å². The predicted molar refractivity (Wildman–Crippen MR) is 122 cm³/mol. The Hall–Kier alpha value is -3.84. The summed E-state index contributed by atoms with van der Waals surface area (Å²) in [4.78, 5) is 32.4. The van der Waals surface area contributed by atoms with Crippen LogP contribution in [-0.2, 0) is 11.3 Å². The first-order valence-corrected chi connectivity index (χ1v) is 10.9. The molecule has 1 unspecified atom stereocenters. The molecular formula is C25H18FN3O2S. The standard InChI is InChI=1S/C25H18FN3O2S/c26-20-10-8-16(9-11-20)18-6-7-19-15-29(24(31)21(19)14-18)22(17-4-2-1-3-5-17)23(30)28-25-27-12-13-32-25/h1-14,22H,15H2,(H,27,28,30). The van der Waals surface area contributed by atoms with Crippen LogP contribution in [0.4, 0.5) is 9.52 Å². The van der Waals surface area contributed by atoms with Crippen molar-refractivity contribution < 1.29 is 14.0 Å². The molecule has 158 valence electrons. The first-order valence-electron chi connectivity index (χ1n) is 10.1. The van der Waals surface area contributed by atoms with Crippen molar-refractivity contribution in [3.63, 3.8) is 0 Å². The maximum atomic E-state index is 13.4. The Kier molecular flexibility index (Phi) is 5.25. The van der Waals surface area contributed by atoms with Gasteiger partial charge in [-0.15, -0.1) is 11.3 Å². The molecule has 0 saturated heterocycles. The maximum Gasteiger partial charge on any atom is 0.255 e. The van der Waals surface area contributed by atoms with Crippen molar-refractivity contribution in [1.29, 1.82) is 0 Å². The molecule has 0 radical (unpaired) electrons. The fourth-order valence-electron chi connectivity index (χ4n) is 3.92. The van der Waals surface area contributed by atoms with Crippen molar-refractivity contribution in [2.75, 3.05) is 5.32 Å². The number of anilines is 1. The van der Waals surface area contributed by atoms with Gasteiger partial charge in [0.25, 0.3) is 11.8 Å². The lowest BCUT2D eigenvalue weighted by Crippen LogP contribution is -2.37. The van der Waals surface area contributed by atoms with Gasteiger partial charge in [0.1, 0.15) is 11.9 Å². The second-order valence-corrected chi connectivity index (χ2v) is 8.35. The summed E-state index contributed by atoms with van der Waals surface area (Å²) in [6, 6.07) is 20.2. The van der Waals surface area contributed by atoms with Gasteiger partial charge >= 0.3 is 0 Å². The lowest BCUT2D eigenvalue weighted by molar-refractivity contribution is -0.120. The molecule has 5 rings (SSSR count). The molecule has 1 N–H and O–H groups in total. The van der Waals surface area contributed by atoms with Crippen LogP contribution >= 0.6 is 11.3 Å². The number of aromatic nitrogens is 1. The lowest BCUT2D eigenvalue weighted by Gasteiger charge is -2.27. The summed E-state index contributed by atoms with van der Waals surface area (Å²) < 4.78 is 13.3. The van der Waals surface area contributed by atoms with E-state index >= 15 is 0 Å². The summed E-state index contributed by atoms with van der Waals surface area (Å²) in [5.74, 6) is -0.840. The molecule has 0 saturated carbocycles. The van der Waals surface area contributed by atoms with Crippen LogP contribution in [-0.4, -0.2) is 21.7 Å². The van der Waals surface area contributed by atoms with Gasteiger partial charge in [-0.3, -0.25) is 14.9 Å². The van der Waals surface area contributed by atoms with Gasteiger partial charge in [0, 0.05) is 23.7 Å². The third-order valence-corrected chi connectivity index (χ3v) is 6.15. The summed E-state index contributed by atoms with van der Waals surface area (Å²) in [6.45, 7) is 0.322. The molecule has 4 aromatic rings. The van der Waals surface area contributed by atoms with Crippen molar-refractivity contribution in [1.82, 2.24) is 9.88 Å². The van der Waals surface area contributed by atoms with Crippen LogP contribution in [0.5, 0.6) is 0 Å². The Balaban J connectivity index is 1.48. The molecule has 2 amide bonds. The van der Waals surface area contributed by atoms with E-state index < -0.39 is 6.04 Å². The van der Waals surface area contributed by atoms with Crippen LogP contribution in [0.3, 0.4) is 0 Å². The second kappa shape index (κ2) is 8.36. The summed E-state index contributed by atoms with van der Waals surface area (Å²) in [5.41, 5.74) is 3.77. The van der Waals surface area contributed by atoms with Crippen molar-refractivity contribution >= 4 is 28.3 Å². The minimum atomic E-state index is -0.797. The molecule has 3 aromatic carbocycles. The zero-order chi connectivity index (χ0) is 22.1. The van der Waals surface area contributed by atoms with Crippen LogP contribution < -0.4 is 5.32 Å². The molecule has 1 aromatic heterocycles. The quantitative estimate of drug-likeness (QED) is 0.456. The molecule has 7 heteroatoms. The van der Waals surface area contributed by atoms with Crippen molar-refractivity contribution in [3.05, 3.63) is 107 Å². The fraction of sp³-hybridized carbons (Fsp3) is 0.0800. The lowest BCUT2D eigenvalue weighted by atomic mass is 10.0. The highest BCUT2D eigenvalue weighted by Gasteiger charge is 2.37. The van der Waals surface area contributed by atoms with Gasteiger partial charge in [0.05, 0.1) is 0 Å². The normalized spacial score (nSPS) is 13.7. The molecule has 0 bridgehead atoms. The number of amides is 2. The van der Waals surface area contributed by atoms with E-state index in [1.807, 2.05) is 48.5 Å². The number of carbonyl (C=O) groups excluding carboxylic acids is 2. The van der Waals surface area contributed by atoms with E-state index in [2.05, 4.69) is 10.3 Å². The van der Waals surface area contributed by atoms with Gasteiger partial charge < -0.3 is 4.90 Å². The van der Waals surface area contributed by atoms with Gasteiger partial charge in [-0.1, -0.05) is 54.6 Å². The van der Waals surface area contributed by atoms with E-state index in [1.54, 1.807) is 28.6 Å². The summed E-state index contributed by atoms with van der Waals surface area (Å²) in [5, 5.41) is 5.09.